The van der Waals surface area contributed by atoms with Crippen molar-refractivity contribution in [1.29, 1.82) is 0 Å². The van der Waals surface area contributed by atoms with Gasteiger partial charge in [-0.25, -0.2) is 0 Å². The zero-order valence-corrected chi connectivity index (χ0v) is 9.51. The molecule has 2 aromatic rings. The van der Waals surface area contributed by atoms with Gasteiger partial charge in [0.1, 0.15) is 17.2 Å². The maximum atomic E-state index is 9.72. The van der Waals surface area contributed by atoms with E-state index in [0.29, 0.717) is 6.42 Å². The fourth-order valence-electron chi connectivity index (χ4n) is 1.72. The molecule has 88 valence electrons. The third-order valence-electron chi connectivity index (χ3n) is 2.73. The largest absolute Gasteiger partial charge is 0.508 e. The van der Waals surface area contributed by atoms with E-state index < -0.39 is 0 Å². The van der Waals surface area contributed by atoms with Crippen LogP contribution in [0.5, 0.6) is 17.2 Å². The molecule has 0 radical (unpaired) electrons. The molecule has 0 saturated heterocycles. The Morgan fingerprint density at radius 3 is 2.18 bits per heavy atom. The van der Waals surface area contributed by atoms with Gasteiger partial charge in [0.15, 0.2) is 0 Å². The van der Waals surface area contributed by atoms with E-state index in [9.17, 15) is 15.3 Å². The number of aryl methyl sites for hydroxylation is 1. The molecular formula is C14H14O3. The van der Waals surface area contributed by atoms with E-state index in [1.165, 1.54) is 6.07 Å². The Bertz CT molecular complexity index is 530. The second-order valence-electron chi connectivity index (χ2n) is 4.11. The van der Waals surface area contributed by atoms with Crippen LogP contribution in [-0.4, -0.2) is 15.3 Å². The van der Waals surface area contributed by atoms with E-state index in [-0.39, 0.29) is 17.2 Å². The summed E-state index contributed by atoms with van der Waals surface area (Å²) >= 11 is 0. The quantitative estimate of drug-likeness (QED) is 0.743. The van der Waals surface area contributed by atoms with Crippen molar-refractivity contribution in [1.82, 2.24) is 0 Å². The van der Waals surface area contributed by atoms with Crippen LogP contribution in [0.4, 0.5) is 0 Å². The topological polar surface area (TPSA) is 60.7 Å². The fraction of sp³-hybridized carbons (Fsp3) is 0.143. The lowest BCUT2D eigenvalue weighted by atomic mass is 10.0. The van der Waals surface area contributed by atoms with Crippen molar-refractivity contribution >= 4 is 0 Å². The summed E-state index contributed by atoms with van der Waals surface area (Å²) in [5.74, 6) is 0.401. The molecule has 0 unspecified atom stereocenters. The lowest BCUT2D eigenvalue weighted by molar-refractivity contribution is 0.444. The number of aromatic hydroxyl groups is 3. The second kappa shape index (κ2) is 4.37. The van der Waals surface area contributed by atoms with Crippen LogP contribution in [0.2, 0.25) is 0 Å². The van der Waals surface area contributed by atoms with Crippen molar-refractivity contribution in [2.45, 2.75) is 13.3 Å². The zero-order chi connectivity index (χ0) is 12.4. The second-order valence-corrected chi connectivity index (χ2v) is 4.11. The molecular weight excluding hydrogens is 216 g/mol. The van der Waals surface area contributed by atoms with Crippen LogP contribution in [0, 0.1) is 6.92 Å². The first kappa shape index (κ1) is 11.3. The predicted octanol–water partition coefficient (Wildman–Crippen LogP) is 2.70. The van der Waals surface area contributed by atoms with Gasteiger partial charge in [-0.15, -0.1) is 0 Å². The third-order valence-corrected chi connectivity index (χ3v) is 2.73. The highest BCUT2D eigenvalue weighted by Crippen LogP contribution is 2.28. The van der Waals surface area contributed by atoms with Crippen molar-refractivity contribution in [3.8, 4) is 17.2 Å². The minimum Gasteiger partial charge on any atom is -0.508 e. The number of hydrogen-bond acceptors (Lipinski definition) is 3. The third kappa shape index (κ3) is 2.50. The summed E-state index contributed by atoms with van der Waals surface area (Å²) in [5, 5.41) is 28.3. The van der Waals surface area contributed by atoms with Gasteiger partial charge in [0.25, 0.3) is 0 Å². The van der Waals surface area contributed by atoms with Gasteiger partial charge in [0.2, 0.25) is 0 Å². The molecule has 0 aliphatic rings. The van der Waals surface area contributed by atoms with Crippen LogP contribution in [0.1, 0.15) is 16.7 Å². The summed E-state index contributed by atoms with van der Waals surface area (Å²) < 4.78 is 0. The molecule has 0 saturated carbocycles. The molecule has 0 aliphatic carbocycles. The molecule has 17 heavy (non-hydrogen) atoms. The van der Waals surface area contributed by atoms with Gasteiger partial charge in [-0.1, -0.05) is 12.1 Å². The highest BCUT2D eigenvalue weighted by molar-refractivity contribution is 5.46. The summed E-state index contributed by atoms with van der Waals surface area (Å²) in [7, 11) is 0. The number of rotatable bonds is 2. The van der Waals surface area contributed by atoms with E-state index in [0.717, 1.165) is 16.7 Å². The van der Waals surface area contributed by atoms with Gasteiger partial charge in [0, 0.05) is 12.5 Å². The fourth-order valence-corrected chi connectivity index (χ4v) is 1.72. The van der Waals surface area contributed by atoms with Crippen molar-refractivity contribution in [3.05, 3.63) is 53.1 Å². The SMILES string of the molecule is Cc1cc(Cc2ccc(O)cc2)c(O)cc1O. The van der Waals surface area contributed by atoms with Crippen molar-refractivity contribution in [2.75, 3.05) is 0 Å². The summed E-state index contributed by atoms with van der Waals surface area (Å²) in [6.07, 6.45) is 0.563. The summed E-state index contributed by atoms with van der Waals surface area (Å²) in [4.78, 5) is 0. The molecule has 0 aromatic heterocycles. The van der Waals surface area contributed by atoms with Gasteiger partial charge >= 0.3 is 0 Å². The Morgan fingerprint density at radius 1 is 0.882 bits per heavy atom. The molecule has 2 rings (SSSR count). The zero-order valence-electron chi connectivity index (χ0n) is 9.51. The molecule has 0 amide bonds. The first-order valence-electron chi connectivity index (χ1n) is 5.35. The molecule has 0 aliphatic heterocycles. The Morgan fingerprint density at radius 2 is 1.53 bits per heavy atom. The average Bonchev–Trinajstić information content (AvgIpc) is 2.29. The van der Waals surface area contributed by atoms with Crippen molar-refractivity contribution in [2.24, 2.45) is 0 Å². The van der Waals surface area contributed by atoms with Gasteiger partial charge in [-0.05, 0) is 41.8 Å². The first-order valence-corrected chi connectivity index (χ1v) is 5.35. The maximum Gasteiger partial charge on any atom is 0.122 e. The van der Waals surface area contributed by atoms with Crippen LogP contribution >= 0.6 is 0 Å². The van der Waals surface area contributed by atoms with Crippen LogP contribution in [0.25, 0.3) is 0 Å². The van der Waals surface area contributed by atoms with E-state index in [1.54, 1.807) is 37.3 Å². The number of phenols is 3. The van der Waals surface area contributed by atoms with Crippen LogP contribution in [-0.2, 0) is 6.42 Å². The monoisotopic (exact) mass is 230 g/mol. The van der Waals surface area contributed by atoms with Crippen LogP contribution in [0.3, 0.4) is 0 Å². The number of phenolic OH excluding ortho intramolecular Hbond substituents is 3. The minimum atomic E-state index is 0.0844. The van der Waals surface area contributed by atoms with Gasteiger partial charge < -0.3 is 15.3 Å². The smallest absolute Gasteiger partial charge is 0.122 e. The van der Waals surface area contributed by atoms with Crippen LogP contribution in [0.15, 0.2) is 36.4 Å². The number of hydrogen-bond donors (Lipinski definition) is 3. The molecule has 2 aromatic carbocycles. The van der Waals surface area contributed by atoms with Crippen molar-refractivity contribution < 1.29 is 15.3 Å². The van der Waals surface area contributed by atoms with Gasteiger partial charge in [0.05, 0.1) is 0 Å². The number of benzene rings is 2. The van der Waals surface area contributed by atoms with Crippen LogP contribution < -0.4 is 0 Å². The lowest BCUT2D eigenvalue weighted by Gasteiger charge is -2.08. The molecule has 3 nitrogen and oxygen atoms in total. The summed E-state index contributed by atoms with van der Waals surface area (Å²) in [6.45, 7) is 1.79. The Labute approximate surface area is 99.6 Å². The maximum absolute atomic E-state index is 9.72. The average molecular weight is 230 g/mol. The summed E-state index contributed by atoms with van der Waals surface area (Å²) in [5.41, 5.74) is 2.48. The Balaban J connectivity index is 2.30. The minimum absolute atomic E-state index is 0.0844. The molecule has 0 bridgehead atoms. The van der Waals surface area contributed by atoms with Gasteiger partial charge in [-0.2, -0.15) is 0 Å². The highest BCUT2D eigenvalue weighted by atomic mass is 16.3. The lowest BCUT2D eigenvalue weighted by Crippen LogP contribution is -1.90. The Hall–Kier alpha value is -2.16. The molecule has 0 fully saturated rings. The normalized spacial score (nSPS) is 10.4. The van der Waals surface area contributed by atoms with E-state index >= 15 is 0 Å². The highest BCUT2D eigenvalue weighted by Gasteiger charge is 2.06. The standard InChI is InChI=1S/C14H14O3/c1-9-6-11(14(17)8-13(9)16)7-10-2-4-12(15)5-3-10/h2-6,8,15-17H,7H2,1H3. The Kier molecular flexibility index (Phi) is 2.91. The molecule has 3 N–H and O–H groups in total. The van der Waals surface area contributed by atoms with E-state index in [4.69, 9.17) is 0 Å². The molecule has 0 heterocycles. The van der Waals surface area contributed by atoms with E-state index in [2.05, 4.69) is 0 Å². The molecule has 3 heteroatoms. The summed E-state index contributed by atoms with van der Waals surface area (Å²) in [6, 6.07) is 9.94. The molecule has 0 spiro atoms. The van der Waals surface area contributed by atoms with E-state index in [1.807, 2.05) is 0 Å². The molecule has 0 atom stereocenters. The van der Waals surface area contributed by atoms with Gasteiger partial charge in [-0.3, -0.25) is 0 Å². The predicted molar refractivity (Wildman–Crippen MR) is 65.4 cm³/mol. The van der Waals surface area contributed by atoms with Crippen molar-refractivity contribution in [3.63, 3.8) is 0 Å². The first-order chi connectivity index (χ1) is 8.06.